The van der Waals surface area contributed by atoms with E-state index in [9.17, 15) is 4.79 Å². The Labute approximate surface area is 98.8 Å². The average Bonchev–Trinajstić information content (AvgIpc) is 2.61. The molecule has 0 saturated heterocycles. The third-order valence-corrected chi connectivity index (χ3v) is 2.50. The van der Waals surface area contributed by atoms with Crippen molar-refractivity contribution in [2.24, 2.45) is 0 Å². The molecule has 0 aliphatic rings. The molecule has 0 radical (unpaired) electrons. The second kappa shape index (κ2) is 5.05. The van der Waals surface area contributed by atoms with Crippen LogP contribution in [0.25, 0.3) is 11.1 Å². The average molecular weight is 236 g/mol. The Bertz CT molecular complexity index is 556. The number of benzene rings is 1. The first-order valence-electron chi connectivity index (χ1n) is 5.69. The van der Waals surface area contributed by atoms with Crippen LogP contribution in [0.4, 0.5) is 5.69 Å². The molecule has 0 fully saturated rings. The van der Waals surface area contributed by atoms with Gasteiger partial charge in [-0.25, -0.2) is 4.79 Å². The topological polar surface area (TPSA) is 70.4 Å². The van der Waals surface area contributed by atoms with Crippen molar-refractivity contribution in [3.63, 3.8) is 0 Å². The number of hydrogen-bond donors (Lipinski definition) is 1. The molecule has 5 nitrogen and oxygen atoms in total. The van der Waals surface area contributed by atoms with Gasteiger partial charge in [0, 0.05) is 12.3 Å². The highest BCUT2D eigenvalue weighted by atomic mass is 16.5. The van der Waals surface area contributed by atoms with E-state index < -0.39 is 0 Å². The van der Waals surface area contributed by atoms with Crippen LogP contribution in [0.5, 0.6) is 0 Å². The van der Waals surface area contributed by atoms with Gasteiger partial charge >= 0.3 is 5.76 Å². The van der Waals surface area contributed by atoms with Gasteiger partial charge in [0.05, 0.1) is 18.7 Å². The molecule has 0 unspecified atom stereocenters. The smallest absolute Gasteiger partial charge is 0.408 e. The van der Waals surface area contributed by atoms with Crippen molar-refractivity contribution in [2.45, 2.75) is 19.9 Å². The maximum Gasteiger partial charge on any atom is 0.420 e. The summed E-state index contributed by atoms with van der Waals surface area (Å²) in [5, 5.41) is 0. The van der Waals surface area contributed by atoms with Crippen LogP contribution in [0.3, 0.4) is 0 Å². The van der Waals surface area contributed by atoms with Crippen LogP contribution < -0.4 is 11.5 Å². The van der Waals surface area contributed by atoms with Gasteiger partial charge in [-0.1, -0.05) is 6.92 Å². The number of fused-ring (bicyclic) bond motifs is 1. The molecule has 0 amide bonds. The van der Waals surface area contributed by atoms with Crippen molar-refractivity contribution in [3.8, 4) is 0 Å². The van der Waals surface area contributed by atoms with Crippen LogP contribution in [-0.4, -0.2) is 17.8 Å². The van der Waals surface area contributed by atoms with Crippen molar-refractivity contribution in [2.75, 3.05) is 18.9 Å². The molecule has 92 valence electrons. The van der Waals surface area contributed by atoms with Crippen molar-refractivity contribution >= 4 is 16.8 Å². The highest BCUT2D eigenvalue weighted by Gasteiger charge is 2.08. The Hall–Kier alpha value is -1.75. The first-order chi connectivity index (χ1) is 8.22. The number of anilines is 1. The number of hydrogen-bond acceptors (Lipinski definition) is 4. The fraction of sp³-hybridized carbons (Fsp3) is 0.417. The van der Waals surface area contributed by atoms with Crippen molar-refractivity contribution in [1.82, 2.24) is 4.57 Å². The lowest BCUT2D eigenvalue weighted by Crippen LogP contribution is -2.17. The Morgan fingerprint density at radius 3 is 3.00 bits per heavy atom. The van der Waals surface area contributed by atoms with Crippen LogP contribution in [-0.2, 0) is 11.3 Å². The van der Waals surface area contributed by atoms with Gasteiger partial charge in [-0.15, -0.1) is 0 Å². The van der Waals surface area contributed by atoms with E-state index in [0.717, 1.165) is 11.9 Å². The highest BCUT2D eigenvalue weighted by Crippen LogP contribution is 2.16. The maximum absolute atomic E-state index is 11.6. The van der Waals surface area contributed by atoms with Gasteiger partial charge in [0.1, 0.15) is 0 Å². The summed E-state index contributed by atoms with van der Waals surface area (Å²) in [5.74, 6) is -0.370. The minimum Gasteiger partial charge on any atom is -0.408 e. The van der Waals surface area contributed by atoms with Crippen LogP contribution in [0, 0.1) is 0 Å². The fourth-order valence-electron chi connectivity index (χ4n) is 1.69. The molecular weight excluding hydrogens is 220 g/mol. The first-order valence-corrected chi connectivity index (χ1v) is 5.69. The van der Waals surface area contributed by atoms with Crippen LogP contribution in [0.15, 0.2) is 27.4 Å². The lowest BCUT2D eigenvalue weighted by molar-refractivity contribution is 0.126. The summed E-state index contributed by atoms with van der Waals surface area (Å²) in [5.41, 5.74) is 7.58. The number of rotatable bonds is 5. The number of nitrogens with two attached hydrogens (primary N) is 1. The first kappa shape index (κ1) is 11.7. The van der Waals surface area contributed by atoms with Crippen molar-refractivity contribution in [1.29, 1.82) is 0 Å². The quantitative estimate of drug-likeness (QED) is 0.632. The molecule has 2 rings (SSSR count). The Morgan fingerprint density at radius 1 is 1.41 bits per heavy atom. The van der Waals surface area contributed by atoms with Crippen molar-refractivity contribution < 1.29 is 9.15 Å². The van der Waals surface area contributed by atoms with E-state index in [1.54, 1.807) is 22.8 Å². The van der Waals surface area contributed by atoms with Crippen LogP contribution in [0.1, 0.15) is 13.3 Å². The monoisotopic (exact) mass is 236 g/mol. The van der Waals surface area contributed by atoms with Gasteiger partial charge in [0.2, 0.25) is 0 Å². The van der Waals surface area contributed by atoms with Gasteiger partial charge in [-0.05, 0) is 24.6 Å². The van der Waals surface area contributed by atoms with Gasteiger partial charge < -0.3 is 14.9 Å². The molecule has 5 heteroatoms. The largest absolute Gasteiger partial charge is 0.420 e. The number of oxazole rings is 1. The number of nitrogens with zero attached hydrogens (tertiary/aromatic N) is 1. The van der Waals surface area contributed by atoms with E-state index in [2.05, 4.69) is 0 Å². The second-order valence-corrected chi connectivity index (χ2v) is 3.86. The molecule has 1 aromatic carbocycles. The Morgan fingerprint density at radius 2 is 2.24 bits per heavy atom. The Kier molecular flexibility index (Phi) is 3.49. The molecule has 1 heterocycles. The Balaban J connectivity index is 2.23. The SMILES string of the molecule is CCCOCCn1c(=O)oc2ccc(N)cc21. The molecule has 0 aliphatic carbocycles. The summed E-state index contributed by atoms with van der Waals surface area (Å²) in [6.45, 7) is 3.72. The molecule has 2 N–H and O–H groups in total. The highest BCUT2D eigenvalue weighted by molar-refractivity contribution is 5.76. The summed E-state index contributed by atoms with van der Waals surface area (Å²) in [7, 11) is 0. The summed E-state index contributed by atoms with van der Waals surface area (Å²) >= 11 is 0. The number of aromatic nitrogens is 1. The molecule has 0 bridgehead atoms. The standard InChI is InChI=1S/C12H16N2O3/c1-2-6-16-7-5-14-10-8-9(13)3-4-11(10)17-12(14)15/h3-4,8H,2,5-7,13H2,1H3. The second-order valence-electron chi connectivity index (χ2n) is 3.86. The van der Waals surface area contributed by atoms with E-state index in [4.69, 9.17) is 14.9 Å². The molecule has 17 heavy (non-hydrogen) atoms. The lowest BCUT2D eigenvalue weighted by Gasteiger charge is -2.03. The minimum absolute atomic E-state index is 0.370. The summed E-state index contributed by atoms with van der Waals surface area (Å²) in [6.07, 6.45) is 0.966. The van der Waals surface area contributed by atoms with Crippen LogP contribution >= 0.6 is 0 Å². The fourth-order valence-corrected chi connectivity index (χ4v) is 1.69. The van der Waals surface area contributed by atoms with Gasteiger partial charge in [-0.3, -0.25) is 4.57 Å². The van der Waals surface area contributed by atoms with E-state index in [1.165, 1.54) is 0 Å². The zero-order chi connectivity index (χ0) is 12.3. The minimum atomic E-state index is -0.370. The summed E-state index contributed by atoms with van der Waals surface area (Å²) in [6, 6.07) is 5.15. The number of nitrogen functional groups attached to an aromatic ring is 1. The summed E-state index contributed by atoms with van der Waals surface area (Å²) < 4.78 is 12.0. The zero-order valence-electron chi connectivity index (χ0n) is 9.81. The zero-order valence-corrected chi connectivity index (χ0v) is 9.81. The third-order valence-electron chi connectivity index (χ3n) is 2.50. The van der Waals surface area contributed by atoms with Gasteiger partial charge in [0.15, 0.2) is 5.58 Å². The normalized spacial score (nSPS) is 11.1. The maximum atomic E-state index is 11.6. The van der Waals surface area contributed by atoms with Gasteiger partial charge in [-0.2, -0.15) is 0 Å². The van der Waals surface area contributed by atoms with E-state index in [1.807, 2.05) is 6.92 Å². The van der Waals surface area contributed by atoms with Gasteiger partial charge in [0.25, 0.3) is 0 Å². The van der Waals surface area contributed by atoms with Crippen molar-refractivity contribution in [3.05, 3.63) is 28.7 Å². The predicted octanol–water partition coefficient (Wildman–Crippen LogP) is 1.60. The lowest BCUT2D eigenvalue weighted by atomic mass is 10.3. The molecular formula is C12H16N2O3. The molecule has 2 aromatic rings. The van der Waals surface area contributed by atoms with Crippen LogP contribution in [0.2, 0.25) is 0 Å². The van der Waals surface area contributed by atoms with E-state index in [0.29, 0.717) is 31.0 Å². The predicted molar refractivity (Wildman–Crippen MR) is 66.0 cm³/mol. The molecule has 1 aromatic heterocycles. The molecule has 0 spiro atoms. The van der Waals surface area contributed by atoms with E-state index >= 15 is 0 Å². The number of ether oxygens (including phenoxy) is 1. The molecule has 0 atom stereocenters. The molecule has 0 aliphatic heterocycles. The van der Waals surface area contributed by atoms with E-state index in [-0.39, 0.29) is 5.76 Å². The third kappa shape index (κ3) is 2.50. The summed E-state index contributed by atoms with van der Waals surface area (Å²) in [4.78, 5) is 11.6. The molecule has 0 saturated carbocycles.